The molecule has 8 nitrogen and oxygen atoms in total. The molecule has 0 aliphatic carbocycles. The van der Waals surface area contributed by atoms with Gasteiger partial charge in [-0.25, -0.2) is 0 Å². The largest absolute Gasteiger partial charge is 1.00 e. The quantitative estimate of drug-likeness (QED) is 0.237. The monoisotopic (exact) mass is 400 g/mol. The first kappa shape index (κ1) is 33.2. The zero-order valence-corrected chi connectivity index (χ0v) is 19.6. The number of rotatable bonds is 11. The summed E-state index contributed by atoms with van der Waals surface area (Å²) in [4.78, 5) is 50.4. The number of methoxy groups -OCH3 is 1. The fourth-order valence-electron chi connectivity index (χ4n) is 1.31. The van der Waals surface area contributed by atoms with Gasteiger partial charge in [-0.05, 0) is 26.7 Å². The minimum atomic E-state index is -1.31. The maximum atomic E-state index is 10.9. The van der Waals surface area contributed by atoms with Crippen molar-refractivity contribution in [3.8, 4) is 0 Å². The minimum absolute atomic E-state index is 0. The molecule has 0 saturated carbocycles. The van der Waals surface area contributed by atoms with Gasteiger partial charge in [0.25, 0.3) is 0 Å². The van der Waals surface area contributed by atoms with Crippen LogP contribution in [0.2, 0.25) is 0 Å². The first-order chi connectivity index (χ1) is 11.6. The molecule has 0 fully saturated rings. The van der Waals surface area contributed by atoms with Gasteiger partial charge < -0.3 is 19.7 Å². The molecular weight excluding hydrogens is 371 g/mol. The summed E-state index contributed by atoms with van der Waals surface area (Å²) in [6.45, 7) is 5.19. The molecule has 0 spiro atoms. The maximum absolute atomic E-state index is 10.9. The predicted molar refractivity (Wildman–Crippen MR) is 88.9 cm³/mol. The molecule has 0 heterocycles. The van der Waals surface area contributed by atoms with Gasteiger partial charge in [0.1, 0.15) is 17.3 Å². The van der Waals surface area contributed by atoms with Gasteiger partial charge in [-0.1, -0.05) is 13.3 Å². The molecule has 0 unspecified atom stereocenters. The van der Waals surface area contributed by atoms with Crippen LogP contribution >= 0.6 is 0 Å². The normalized spacial score (nSPS) is 8.62. The fraction of sp³-hybridized carbons (Fsp3) is 0.706. The average molecular weight is 401 g/mol. The molecule has 0 atom stereocenters. The predicted octanol–water partition coefficient (Wildman–Crippen LogP) is -2.06. The topological polar surface area (TPSA) is 138 Å². The van der Waals surface area contributed by atoms with Crippen LogP contribution in [0.4, 0.5) is 0 Å². The van der Waals surface area contributed by atoms with Crippen LogP contribution in [0.1, 0.15) is 65.7 Å². The van der Waals surface area contributed by atoms with Crippen molar-refractivity contribution in [3.05, 3.63) is 0 Å². The molecule has 0 aromatic carbocycles. The standard InChI is InChI=1S/C8H14O3.C5H10O2.C4H6O3.K/c1-7(9)6-8(10)4-3-5-11-2;1-2-3-4-5(6)7;1-3(5)2-4(6)7;/h3-6H2,1-2H3;2-4H2,1H3,(H,6,7);2H2,1H3,(H,6,7);/q;;;+1/p-1. The molecule has 0 aromatic heterocycles. The number of hydrogen-bond donors (Lipinski definition) is 1. The first-order valence-electron chi connectivity index (χ1n) is 7.97. The second-order valence-electron chi connectivity index (χ2n) is 5.26. The molecule has 0 amide bonds. The number of ketones is 3. The van der Waals surface area contributed by atoms with E-state index in [1.54, 1.807) is 7.11 Å². The summed E-state index contributed by atoms with van der Waals surface area (Å²) in [5.74, 6) is -2.43. The van der Waals surface area contributed by atoms with Gasteiger partial charge in [0.05, 0.1) is 6.42 Å². The number of hydrogen-bond acceptors (Lipinski definition) is 7. The average Bonchev–Trinajstić information content (AvgIpc) is 2.44. The van der Waals surface area contributed by atoms with Gasteiger partial charge >= 0.3 is 57.4 Å². The fourth-order valence-corrected chi connectivity index (χ4v) is 1.31. The van der Waals surface area contributed by atoms with E-state index in [1.165, 1.54) is 13.8 Å². The van der Waals surface area contributed by atoms with Crippen LogP contribution in [-0.4, -0.2) is 48.1 Å². The van der Waals surface area contributed by atoms with Gasteiger partial charge in [0, 0.05) is 38.9 Å². The van der Waals surface area contributed by atoms with E-state index in [4.69, 9.17) is 9.84 Å². The van der Waals surface area contributed by atoms with E-state index in [-0.39, 0.29) is 75.2 Å². The Balaban J connectivity index is -0.000000143. The Labute approximate surface area is 197 Å². The molecule has 26 heavy (non-hydrogen) atoms. The van der Waals surface area contributed by atoms with Crippen LogP contribution in [0, 0.1) is 0 Å². The van der Waals surface area contributed by atoms with E-state index in [9.17, 15) is 29.1 Å². The van der Waals surface area contributed by atoms with Crippen LogP contribution < -0.4 is 56.5 Å². The van der Waals surface area contributed by atoms with Crippen molar-refractivity contribution in [2.75, 3.05) is 13.7 Å². The molecule has 0 aliphatic rings. The Morgan fingerprint density at radius 3 is 1.65 bits per heavy atom. The number of carboxylic acids is 2. The van der Waals surface area contributed by atoms with E-state index in [2.05, 4.69) is 0 Å². The van der Waals surface area contributed by atoms with E-state index >= 15 is 0 Å². The zero-order chi connectivity index (χ0) is 20.3. The van der Waals surface area contributed by atoms with Gasteiger partial charge in [0.15, 0.2) is 0 Å². The van der Waals surface area contributed by atoms with E-state index in [0.717, 1.165) is 12.8 Å². The second-order valence-corrected chi connectivity index (χ2v) is 5.26. The van der Waals surface area contributed by atoms with Gasteiger partial charge in [-0.15, -0.1) is 0 Å². The summed E-state index contributed by atoms with van der Waals surface area (Å²) in [6.07, 6.45) is 2.85. The molecule has 146 valence electrons. The summed E-state index contributed by atoms with van der Waals surface area (Å²) >= 11 is 0. The van der Waals surface area contributed by atoms with Crippen LogP contribution in [0.15, 0.2) is 0 Å². The Morgan fingerprint density at radius 1 is 0.923 bits per heavy atom. The van der Waals surface area contributed by atoms with Crippen LogP contribution in [0.25, 0.3) is 0 Å². The summed E-state index contributed by atoms with van der Waals surface area (Å²) in [7, 11) is 1.59. The molecule has 9 heteroatoms. The molecule has 0 bridgehead atoms. The van der Waals surface area contributed by atoms with Crippen molar-refractivity contribution < 1.29 is 90.3 Å². The number of unbranched alkanes of at least 4 members (excludes halogenated alkanes) is 1. The molecule has 0 aliphatic heterocycles. The summed E-state index contributed by atoms with van der Waals surface area (Å²) in [5, 5.41) is 17.5. The third-order valence-corrected chi connectivity index (χ3v) is 2.39. The van der Waals surface area contributed by atoms with Crippen molar-refractivity contribution >= 4 is 29.3 Å². The smallest absolute Gasteiger partial charge is 0.550 e. The van der Waals surface area contributed by atoms with Gasteiger partial charge in [-0.2, -0.15) is 0 Å². The van der Waals surface area contributed by atoms with Gasteiger partial charge in [0.2, 0.25) is 0 Å². The van der Waals surface area contributed by atoms with Crippen LogP contribution in [0.3, 0.4) is 0 Å². The number of carbonyl (C=O) groups excluding carboxylic acids is 4. The number of aliphatic carboxylic acids is 2. The summed E-state index contributed by atoms with van der Waals surface area (Å²) < 4.78 is 4.76. The molecule has 0 radical (unpaired) electrons. The maximum Gasteiger partial charge on any atom is 1.00 e. The number of Topliss-reactive ketones (excluding diaryl/α,β-unsaturated/α-hetero) is 3. The number of carboxylic acid groups (broad SMARTS) is 2. The van der Waals surface area contributed by atoms with E-state index < -0.39 is 18.4 Å². The molecule has 1 N–H and O–H groups in total. The summed E-state index contributed by atoms with van der Waals surface area (Å²) in [6, 6.07) is 0. The Kier molecular flexibility index (Phi) is 31.3. The third kappa shape index (κ3) is 43.7. The molecule has 0 aromatic rings. The Morgan fingerprint density at radius 2 is 1.42 bits per heavy atom. The third-order valence-electron chi connectivity index (χ3n) is 2.39. The van der Waals surface area contributed by atoms with Crippen molar-refractivity contribution in [2.45, 2.75) is 65.7 Å². The van der Waals surface area contributed by atoms with Gasteiger partial charge in [-0.3, -0.25) is 19.2 Å². The van der Waals surface area contributed by atoms with Crippen LogP contribution in [-0.2, 0) is 28.7 Å². The van der Waals surface area contributed by atoms with Crippen molar-refractivity contribution in [1.29, 1.82) is 0 Å². The number of carbonyl (C=O) groups is 5. The van der Waals surface area contributed by atoms with Crippen molar-refractivity contribution in [1.82, 2.24) is 0 Å². The van der Waals surface area contributed by atoms with Crippen LogP contribution in [0.5, 0.6) is 0 Å². The zero-order valence-electron chi connectivity index (χ0n) is 16.5. The van der Waals surface area contributed by atoms with E-state index in [1.807, 2.05) is 6.92 Å². The SMILES string of the molecule is CC(=O)CC(=O)[O-].CCCCC(=O)O.COCCCC(=O)CC(C)=O.[K+]. The Hall–Kier alpha value is -0.454. The van der Waals surface area contributed by atoms with Crippen molar-refractivity contribution in [3.63, 3.8) is 0 Å². The number of ether oxygens (including phenoxy) is 1. The Bertz CT molecular complexity index is 409. The van der Waals surface area contributed by atoms with E-state index in [0.29, 0.717) is 25.9 Å². The first-order valence-corrected chi connectivity index (χ1v) is 7.97. The summed E-state index contributed by atoms with van der Waals surface area (Å²) in [5.41, 5.74) is 0. The molecule has 0 rings (SSSR count). The second kappa shape index (κ2) is 24.5. The molecule has 0 saturated heterocycles. The molecular formula is C17H29KO8. The minimum Gasteiger partial charge on any atom is -0.550 e. The van der Waals surface area contributed by atoms with Crippen molar-refractivity contribution in [2.24, 2.45) is 0 Å².